The fraction of sp³-hybridized carbons (Fsp3) is 0.320. The largest absolute Gasteiger partial charge is 0.497 e. The summed E-state index contributed by atoms with van der Waals surface area (Å²) in [6.45, 7) is 1.17. The molecule has 1 heterocycles. The summed E-state index contributed by atoms with van der Waals surface area (Å²) in [4.78, 5) is 27.3. The molecule has 2 amide bonds. The molecule has 0 saturated heterocycles. The van der Waals surface area contributed by atoms with E-state index in [2.05, 4.69) is 10.5 Å². The highest BCUT2D eigenvalue weighted by atomic mass is 35.5. The van der Waals surface area contributed by atoms with Gasteiger partial charge in [-0.15, -0.1) is 0 Å². The Hall–Kier alpha value is -3.03. The maximum atomic E-state index is 13.4. The molecule has 0 bridgehead atoms. The van der Waals surface area contributed by atoms with Gasteiger partial charge in [0, 0.05) is 24.2 Å². The lowest BCUT2D eigenvalue weighted by molar-refractivity contribution is 0.0729. The molecule has 4 rings (SSSR count). The normalized spacial score (nSPS) is 12.9. The van der Waals surface area contributed by atoms with Gasteiger partial charge in [0.25, 0.3) is 11.8 Å². The van der Waals surface area contributed by atoms with Gasteiger partial charge in [0.05, 0.1) is 24.2 Å². The van der Waals surface area contributed by atoms with Gasteiger partial charge in [-0.05, 0) is 61.1 Å². The summed E-state index contributed by atoms with van der Waals surface area (Å²) in [6, 6.07) is 14.0. The van der Waals surface area contributed by atoms with Gasteiger partial charge in [-0.2, -0.15) is 0 Å². The molecular weight excluding hydrogens is 477 g/mol. The molecule has 178 valence electrons. The van der Waals surface area contributed by atoms with E-state index in [-0.39, 0.29) is 29.1 Å². The number of halogens is 2. The van der Waals surface area contributed by atoms with Gasteiger partial charge in [0.15, 0.2) is 11.5 Å². The minimum atomic E-state index is -0.279. The number of methoxy groups -OCH3 is 1. The zero-order valence-corrected chi connectivity index (χ0v) is 20.2. The topological polar surface area (TPSA) is 84.7 Å². The lowest BCUT2D eigenvalue weighted by Gasteiger charge is -2.22. The van der Waals surface area contributed by atoms with Gasteiger partial charge in [0.2, 0.25) is 0 Å². The Bertz CT molecular complexity index is 1160. The Balaban J connectivity index is 1.49. The minimum absolute atomic E-state index is 0.136. The Labute approximate surface area is 208 Å². The molecule has 0 spiro atoms. The zero-order valence-electron chi connectivity index (χ0n) is 18.7. The summed E-state index contributed by atoms with van der Waals surface area (Å²) >= 11 is 12.3. The average Bonchev–Trinajstić information content (AvgIpc) is 3.55. The summed E-state index contributed by atoms with van der Waals surface area (Å²) < 4.78 is 10.6. The molecule has 1 saturated carbocycles. The second-order valence-corrected chi connectivity index (χ2v) is 9.12. The molecule has 0 unspecified atom stereocenters. The van der Waals surface area contributed by atoms with Crippen LogP contribution in [-0.2, 0) is 13.0 Å². The first-order valence-corrected chi connectivity index (χ1v) is 11.8. The van der Waals surface area contributed by atoms with E-state index in [4.69, 9.17) is 32.5 Å². The molecule has 0 aliphatic heterocycles. The van der Waals surface area contributed by atoms with E-state index in [1.165, 1.54) is 6.07 Å². The number of nitrogens with zero attached hydrogens (tertiary/aromatic N) is 2. The number of carbonyl (C=O) groups excluding carboxylic acids is 2. The van der Waals surface area contributed by atoms with Crippen molar-refractivity contribution in [2.75, 3.05) is 20.2 Å². The molecule has 1 aliphatic rings. The molecule has 1 fully saturated rings. The van der Waals surface area contributed by atoms with E-state index in [0.29, 0.717) is 41.8 Å². The van der Waals surface area contributed by atoms with Crippen molar-refractivity contribution in [3.63, 3.8) is 0 Å². The monoisotopic (exact) mass is 501 g/mol. The van der Waals surface area contributed by atoms with Crippen LogP contribution in [0.25, 0.3) is 0 Å². The number of rotatable bonds is 10. The molecule has 9 heteroatoms. The smallest absolute Gasteiger partial charge is 0.273 e. The molecule has 1 aliphatic carbocycles. The number of benzene rings is 2. The second-order valence-electron chi connectivity index (χ2n) is 8.28. The molecule has 3 aromatic rings. The molecule has 1 aromatic heterocycles. The number of aromatic nitrogens is 1. The number of hydrogen-bond donors (Lipinski definition) is 1. The summed E-state index contributed by atoms with van der Waals surface area (Å²) in [5.74, 6) is 1.18. The van der Waals surface area contributed by atoms with Crippen LogP contribution in [0.15, 0.2) is 53.1 Å². The van der Waals surface area contributed by atoms with E-state index in [1.54, 1.807) is 30.2 Å². The van der Waals surface area contributed by atoms with Crippen LogP contribution >= 0.6 is 23.2 Å². The first-order valence-electron chi connectivity index (χ1n) is 11.0. The van der Waals surface area contributed by atoms with Crippen molar-refractivity contribution in [1.82, 2.24) is 15.4 Å². The van der Waals surface area contributed by atoms with Crippen LogP contribution in [0.5, 0.6) is 5.75 Å². The standard InChI is InChI=1S/C25H25Cl2N3O4/c1-33-19-7-4-16(5-8-19)10-11-30(25(32)21-9-6-18(26)12-22(21)27)15-20-13-23(29-34-20)24(31)28-14-17-2-3-17/h4-9,12-13,17H,2-3,10-11,14-15H2,1H3,(H,28,31). The lowest BCUT2D eigenvalue weighted by Crippen LogP contribution is -2.32. The fourth-order valence-corrected chi connectivity index (χ4v) is 3.96. The van der Waals surface area contributed by atoms with Crippen LogP contribution in [0.3, 0.4) is 0 Å². The first-order chi connectivity index (χ1) is 16.4. The third-order valence-corrected chi connectivity index (χ3v) is 6.21. The number of amides is 2. The van der Waals surface area contributed by atoms with Crippen molar-refractivity contribution in [2.45, 2.75) is 25.8 Å². The van der Waals surface area contributed by atoms with E-state index < -0.39 is 0 Å². The summed E-state index contributed by atoms with van der Waals surface area (Å²) in [5, 5.41) is 7.46. The van der Waals surface area contributed by atoms with Gasteiger partial charge < -0.3 is 19.5 Å². The summed E-state index contributed by atoms with van der Waals surface area (Å²) in [5.41, 5.74) is 1.57. The van der Waals surface area contributed by atoms with E-state index >= 15 is 0 Å². The van der Waals surface area contributed by atoms with Crippen molar-refractivity contribution in [3.8, 4) is 5.75 Å². The molecule has 0 atom stereocenters. The van der Waals surface area contributed by atoms with Gasteiger partial charge in [-0.3, -0.25) is 9.59 Å². The van der Waals surface area contributed by atoms with Crippen LogP contribution in [-0.4, -0.2) is 42.1 Å². The minimum Gasteiger partial charge on any atom is -0.497 e. The number of ether oxygens (including phenoxy) is 1. The number of nitrogens with one attached hydrogen (secondary N) is 1. The second kappa shape index (κ2) is 10.9. The highest BCUT2D eigenvalue weighted by molar-refractivity contribution is 6.36. The number of carbonyl (C=O) groups is 2. The van der Waals surface area contributed by atoms with Gasteiger partial charge >= 0.3 is 0 Å². The summed E-state index contributed by atoms with van der Waals surface area (Å²) in [6.07, 6.45) is 2.88. The van der Waals surface area contributed by atoms with Crippen LogP contribution < -0.4 is 10.1 Å². The SMILES string of the molecule is COc1ccc(CCN(Cc2cc(C(=O)NCC3CC3)no2)C(=O)c2ccc(Cl)cc2Cl)cc1. The van der Waals surface area contributed by atoms with Crippen LogP contribution in [0.2, 0.25) is 10.0 Å². The first kappa shape index (κ1) is 24.1. The van der Waals surface area contributed by atoms with Crippen molar-refractivity contribution >= 4 is 35.0 Å². The fourth-order valence-electron chi connectivity index (χ4n) is 3.47. The van der Waals surface area contributed by atoms with Gasteiger partial charge in [0.1, 0.15) is 5.75 Å². The predicted octanol–water partition coefficient (Wildman–Crippen LogP) is 5.01. The van der Waals surface area contributed by atoms with E-state index in [0.717, 1.165) is 24.2 Å². The Morgan fingerprint density at radius 3 is 2.59 bits per heavy atom. The molecule has 7 nitrogen and oxygen atoms in total. The van der Waals surface area contributed by atoms with Crippen molar-refractivity contribution < 1.29 is 18.8 Å². The van der Waals surface area contributed by atoms with Crippen molar-refractivity contribution in [3.05, 3.63) is 81.2 Å². The lowest BCUT2D eigenvalue weighted by atomic mass is 10.1. The third kappa shape index (κ3) is 6.30. The quantitative estimate of drug-likeness (QED) is 0.421. The highest BCUT2D eigenvalue weighted by Crippen LogP contribution is 2.27. The van der Waals surface area contributed by atoms with Crippen LogP contribution in [0, 0.1) is 5.92 Å². The van der Waals surface area contributed by atoms with Gasteiger partial charge in [-0.25, -0.2) is 0 Å². The Kier molecular flexibility index (Phi) is 7.75. The molecule has 1 N–H and O–H groups in total. The Morgan fingerprint density at radius 1 is 1.15 bits per heavy atom. The molecule has 0 radical (unpaired) electrons. The molecular formula is C25H25Cl2N3O4. The van der Waals surface area contributed by atoms with E-state index in [9.17, 15) is 9.59 Å². The van der Waals surface area contributed by atoms with Gasteiger partial charge in [-0.1, -0.05) is 40.5 Å². The maximum Gasteiger partial charge on any atom is 0.273 e. The molecule has 2 aromatic carbocycles. The van der Waals surface area contributed by atoms with E-state index in [1.807, 2.05) is 24.3 Å². The van der Waals surface area contributed by atoms with Crippen molar-refractivity contribution in [2.24, 2.45) is 5.92 Å². The predicted molar refractivity (Wildman–Crippen MR) is 129 cm³/mol. The summed E-state index contributed by atoms with van der Waals surface area (Å²) in [7, 11) is 1.61. The number of hydrogen-bond acceptors (Lipinski definition) is 5. The highest BCUT2D eigenvalue weighted by Gasteiger charge is 2.24. The third-order valence-electron chi connectivity index (χ3n) is 5.66. The zero-order chi connectivity index (χ0) is 24.1. The van der Waals surface area contributed by atoms with Crippen LogP contribution in [0.4, 0.5) is 0 Å². The van der Waals surface area contributed by atoms with Crippen LogP contribution in [0.1, 0.15) is 45.0 Å². The maximum absolute atomic E-state index is 13.4. The molecule has 34 heavy (non-hydrogen) atoms. The Morgan fingerprint density at radius 2 is 1.91 bits per heavy atom. The van der Waals surface area contributed by atoms with Crippen molar-refractivity contribution in [1.29, 1.82) is 0 Å². The average molecular weight is 502 g/mol.